The van der Waals surface area contributed by atoms with E-state index in [-0.39, 0.29) is 5.91 Å². The van der Waals surface area contributed by atoms with Gasteiger partial charge >= 0.3 is 0 Å². The Balaban J connectivity index is 1.38. The van der Waals surface area contributed by atoms with Gasteiger partial charge in [0.2, 0.25) is 0 Å². The van der Waals surface area contributed by atoms with Gasteiger partial charge in [-0.15, -0.1) is 0 Å². The molecule has 3 aromatic carbocycles. The van der Waals surface area contributed by atoms with Crippen LogP contribution in [0.25, 0.3) is 17.3 Å². The maximum absolute atomic E-state index is 12.4. The standard InChI is InChI=1S/C26H22N4O2/c31-26(30-27-17-9-14-20-10-3-1-4-11-20)24-18-23(28-29-24)22-15-7-8-16-25(22)32-19-21-12-5-2-6-13-21/h1-18H,19H2,(H,28,29)(H,30,31)/b14-9+,27-17-. The summed E-state index contributed by atoms with van der Waals surface area (Å²) < 4.78 is 5.99. The lowest BCUT2D eigenvalue weighted by Crippen LogP contribution is -2.17. The Morgan fingerprint density at radius 1 is 0.969 bits per heavy atom. The molecule has 0 atom stereocenters. The molecule has 0 bridgehead atoms. The number of nitrogens with one attached hydrogen (secondary N) is 2. The number of hydrazone groups is 1. The van der Waals surface area contributed by atoms with Crippen molar-refractivity contribution in [1.82, 2.24) is 15.6 Å². The normalized spacial score (nSPS) is 11.1. The van der Waals surface area contributed by atoms with Crippen LogP contribution in [0, 0.1) is 0 Å². The SMILES string of the molecule is O=C(N/N=C\C=C\c1ccccc1)c1cc(-c2ccccc2OCc2ccccc2)n[nH]1. The first-order chi connectivity index (χ1) is 15.8. The van der Waals surface area contributed by atoms with Crippen LogP contribution in [0.1, 0.15) is 21.6 Å². The third-order valence-electron chi connectivity index (χ3n) is 4.64. The molecule has 0 spiro atoms. The van der Waals surface area contributed by atoms with E-state index in [2.05, 4.69) is 20.7 Å². The van der Waals surface area contributed by atoms with Crippen LogP contribution in [-0.4, -0.2) is 22.3 Å². The number of amides is 1. The molecule has 0 saturated heterocycles. The summed E-state index contributed by atoms with van der Waals surface area (Å²) in [5.74, 6) is 0.315. The van der Waals surface area contributed by atoms with Crippen molar-refractivity contribution >= 4 is 18.2 Å². The van der Waals surface area contributed by atoms with Gasteiger partial charge in [0, 0.05) is 11.8 Å². The monoisotopic (exact) mass is 422 g/mol. The molecule has 6 nitrogen and oxygen atoms in total. The molecule has 32 heavy (non-hydrogen) atoms. The second kappa shape index (κ2) is 10.5. The maximum atomic E-state index is 12.4. The number of para-hydroxylation sites is 1. The second-order valence-electron chi connectivity index (χ2n) is 6.93. The zero-order valence-electron chi connectivity index (χ0n) is 17.3. The van der Waals surface area contributed by atoms with Gasteiger partial charge in [0.1, 0.15) is 18.1 Å². The summed E-state index contributed by atoms with van der Waals surface area (Å²) in [6.07, 6.45) is 5.18. The Kier molecular flexibility index (Phi) is 6.85. The molecule has 0 radical (unpaired) electrons. The van der Waals surface area contributed by atoms with Crippen LogP contribution < -0.4 is 10.2 Å². The molecule has 4 rings (SSSR count). The number of rotatable bonds is 8. The van der Waals surface area contributed by atoms with Gasteiger partial charge in [-0.25, -0.2) is 5.43 Å². The summed E-state index contributed by atoms with van der Waals surface area (Å²) in [6.45, 7) is 0.445. The van der Waals surface area contributed by atoms with E-state index < -0.39 is 0 Å². The van der Waals surface area contributed by atoms with Gasteiger partial charge in [0.05, 0.1) is 5.69 Å². The second-order valence-corrected chi connectivity index (χ2v) is 6.93. The molecule has 0 unspecified atom stereocenters. The van der Waals surface area contributed by atoms with E-state index >= 15 is 0 Å². The van der Waals surface area contributed by atoms with E-state index in [0.717, 1.165) is 16.7 Å². The Morgan fingerprint density at radius 2 is 1.69 bits per heavy atom. The number of nitrogens with zero attached hydrogens (tertiary/aromatic N) is 2. The molecule has 0 fully saturated rings. The maximum Gasteiger partial charge on any atom is 0.289 e. The number of carbonyl (C=O) groups is 1. The Hall–Kier alpha value is -4.45. The smallest absolute Gasteiger partial charge is 0.289 e. The summed E-state index contributed by atoms with van der Waals surface area (Å²) in [7, 11) is 0. The average Bonchev–Trinajstić information content (AvgIpc) is 3.34. The molecule has 4 aromatic rings. The molecule has 1 amide bonds. The largest absolute Gasteiger partial charge is 0.488 e. The van der Waals surface area contributed by atoms with E-state index in [1.807, 2.05) is 91.0 Å². The van der Waals surface area contributed by atoms with Crippen molar-refractivity contribution in [3.05, 3.63) is 114 Å². The van der Waals surface area contributed by atoms with Crippen molar-refractivity contribution in [2.24, 2.45) is 5.10 Å². The molecule has 2 N–H and O–H groups in total. The first-order valence-electron chi connectivity index (χ1n) is 10.2. The van der Waals surface area contributed by atoms with Crippen molar-refractivity contribution in [1.29, 1.82) is 0 Å². The number of aromatic nitrogens is 2. The number of carbonyl (C=O) groups excluding carboxylic acids is 1. The molecular formula is C26H22N4O2. The minimum atomic E-state index is -0.379. The summed E-state index contributed by atoms with van der Waals surface area (Å²) in [5.41, 5.74) is 6.34. The Bertz CT molecular complexity index is 1210. The van der Waals surface area contributed by atoms with Gasteiger partial charge in [0.25, 0.3) is 5.91 Å². The van der Waals surface area contributed by atoms with E-state index in [1.54, 1.807) is 12.1 Å². The number of hydrogen-bond donors (Lipinski definition) is 2. The first-order valence-corrected chi connectivity index (χ1v) is 10.2. The molecule has 1 aromatic heterocycles. The molecule has 0 aliphatic carbocycles. The predicted molar refractivity (Wildman–Crippen MR) is 126 cm³/mol. The highest BCUT2D eigenvalue weighted by atomic mass is 16.5. The van der Waals surface area contributed by atoms with Crippen molar-refractivity contribution in [3.63, 3.8) is 0 Å². The summed E-state index contributed by atoms with van der Waals surface area (Å²) in [4.78, 5) is 12.4. The molecule has 0 aliphatic heterocycles. The quantitative estimate of drug-likeness (QED) is 0.307. The lowest BCUT2D eigenvalue weighted by Gasteiger charge is -2.10. The van der Waals surface area contributed by atoms with Crippen molar-refractivity contribution < 1.29 is 9.53 Å². The first kappa shape index (κ1) is 20.8. The Labute approximate surface area is 186 Å². The van der Waals surface area contributed by atoms with Crippen molar-refractivity contribution in [2.45, 2.75) is 6.61 Å². The fourth-order valence-corrected chi connectivity index (χ4v) is 3.03. The number of H-pyrrole nitrogens is 1. The topological polar surface area (TPSA) is 79.4 Å². The van der Waals surface area contributed by atoms with Crippen LogP contribution in [-0.2, 0) is 6.61 Å². The molecule has 1 heterocycles. The van der Waals surface area contributed by atoms with Crippen molar-refractivity contribution in [3.8, 4) is 17.0 Å². The summed E-state index contributed by atoms with van der Waals surface area (Å²) in [5, 5.41) is 11.0. The average molecular weight is 422 g/mol. The van der Waals surface area contributed by atoms with E-state index in [1.165, 1.54) is 6.21 Å². The molecule has 158 valence electrons. The highest BCUT2D eigenvalue weighted by Gasteiger charge is 2.13. The van der Waals surface area contributed by atoms with Crippen LogP contribution in [0.3, 0.4) is 0 Å². The third-order valence-corrected chi connectivity index (χ3v) is 4.64. The van der Waals surface area contributed by atoms with Gasteiger partial charge in [-0.1, -0.05) is 78.9 Å². The molecule has 0 aliphatic rings. The van der Waals surface area contributed by atoms with Gasteiger partial charge in [-0.2, -0.15) is 10.2 Å². The Morgan fingerprint density at radius 3 is 2.50 bits per heavy atom. The number of ether oxygens (including phenoxy) is 1. The minimum absolute atomic E-state index is 0.307. The van der Waals surface area contributed by atoms with Gasteiger partial charge < -0.3 is 4.74 Å². The van der Waals surface area contributed by atoms with Crippen LogP contribution in [0.15, 0.2) is 102 Å². The van der Waals surface area contributed by atoms with Crippen molar-refractivity contribution in [2.75, 3.05) is 0 Å². The molecular weight excluding hydrogens is 400 g/mol. The lowest BCUT2D eigenvalue weighted by atomic mass is 10.1. The number of hydrogen-bond acceptors (Lipinski definition) is 4. The third kappa shape index (κ3) is 5.58. The number of aromatic amines is 1. The highest BCUT2D eigenvalue weighted by molar-refractivity contribution is 5.94. The van der Waals surface area contributed by atoms with E-state index in [9.17, 15) is 4.79 Å². The highest BCUT2D eigenvalue weighted by Crippen LogP contribution is 2.29. The van der Waals surface area contributed by atoms with Crippen LogP contribution in [0.2, 0.25) is 0 Å². The predicted octanol–water partition coefficient (Wildman–Crippen LogP) is 5.08. The molecule has 0 saturated carbocycles. The van der Waals surface area contributed by atoms with E-state index in [0.29, 0.717) is 23.7 Å². The zero-order chi connectivity index (χ0) is 22.0. The number of benzene rings is 3. The van der Waals surface area contributed by atoms with Crippen LogP contribution in [0.5, 0.6) is 5.75 Å². The van der Waals surface area contributed by atoms with Gasteiger partial charge in [-0.3, -0.25) is 9.89 Å². The van der Waals surface area contributed by atoms with Crippen LogP contribution >= 0.6 is 0 Å². The zero-order valence-corrected chi connectivity index (χ0v) is 17.3. The lowest BCUT2D eigenvalue weighted by molar-refractivity contribution is 0.0950. The fraction of sp³-hybridized carbons (Fsp3) is 0.0385. The van der Waals surface area contributed by atoms with E-state index in [4.69, 9.17) is 4.74 Å². The minimum Gasteiger partial charge on any atom is -0.488 e. The van der Waals surface area contributed by atoms with Gasteiger partial charge in [-0.05, 0) is 35.4 Å². The van der Waals surface area contributed by atoms with Crippen LogP contribution in [0.4, 0.5) is 0 Å². The van der Waals surface area contributed by atoms with Gasteiger partial charge in [0.15, 0.2) is 0 Å². The molecule has 6 heteroatoms. The number of allylic oxidation sites excluding steroid dienone is 1. The fourth-order valence-electron chi connectivity index (χ4n) is 3.03. The summed E-state index contributed by atoms with van der Waals surface area (Å²) >= 11 is 0. The summed E-state index contributed by atoms with van der Waals surface area (Å²) in [6, 6.07) is 29.1.